The molecule has 1 amide bonds. The zero-order valence-corrected chi connectivity index (χ0v) is 18.0. The van der Waals surface area contributed by atoms with Crippen molar-refractivity contribution in [3.63, 3.8) is 0 Å². The molecule has 2 rings (SSSR count). The fourth-order valence-corrected chi connectivity index (χ4v) is 3.24. The van der Waals surface area contributed by atoms with Crippen molar-refractivity contribution in [1.29, 1.82) is 0 Å². The maximum Gasteiger partial charge on any atom is 0.413 e. The summed E-state index contributed by atoms with van der Waals surface area (Å²) in [5.74, 6) is 0. The van der Waals surface area contributed by atoms with E-state index in [1.165, 1.54) is 31.3 Å². The monoisotopic (exact) mass is 385 g/mol. The summed E-state index contributed by atoms with van der Waals surface area (Å²) in [5, 5.41) is 0. The van der Waals surface area contributed by atoms with Crippen LogP contribution in [0.2, 0.25) is 0 Å². The fraction of sp³-hybridized carbons (Fsp3) is 0.583. The molecule has 1 aliphatic heterocycles. The van der Waals surface area contributed by atoms with Gasteiger partial charge in [-0.25, -0.2) is 4.79 Å². The third kappa shape index (κ3) is 6.85. The molecule has 4 nitrogen and oxygen atoms in total. The molecule has 154 valence electrons. The Balaban J connectivity index is 2.17. The minimum atomic E-state index is -0.555. The molecule has 1 saturated heterocycles. The second kappa shape index (κ2) is 10.5. The van der Waals surface area contributed by atoms with Crippen molar-refractivity contribution in [3.8, 4) is 0 Å². The van der Waals surface area contributed by atoms with E-state index < -0.39 is 11.8 Å². The summed E-state index contributed by atoms with van der Waals surface area (Å²) in [6.45, 7) is 10.4. The number of carbonyl (C=O) groups is 1. The van der Waals surface area contributed by atoms with E-state index in [4.69, 9.17) is 9.47 Å². The largest absolute Gasteiger partial charge is 0.444 e. The highest BCUT2D eigenvalue weighted by Crippen LogP contribution is 2.32. The number of hydrogen-bond acceptors (Lipinski definition) is 3. The van der Waals surface area contributed by atoms with Crippen LogP contribution >= 0.6 is 0 Å². The topological polar surface area (TPSA) is 38.8 Å². The molecule has 4 heteroatoms. The van der Waals surface area contributed by atoms with Crippen LogP contribution < -0.4 is 0 Å². The lowest BCUT2D eigenvalue weighted by atomic mass is 10.1. The molecule has 1 aromatic rings. The number of unbranched alkanes of at least 4 members (excludes halogenated alkanes) is 3. The van der Waals surface area contributed by atoms with Gasteiger partial charge in [0.2, 0.25) is 0 Å². The van der Waals surface area contributed by atoms with Crippen molar-refractivity contribution in [2.75, 3.05) is 6.61 Å². The van der Waals surface area contributed by atoms with Gasteiger partial charge in [0.1, 0.15) is 5.60 Å². The van der Waals surface area contributed by atoms with Crippen LogP contribution in [0.25, 0.3) is 0 Å². The van der Waals surface area contributed by atoms with E-state index in [0.717, 1.165) is 12.0 Å². The van der Waals surface area contributed by atoms with Crippen molar-refractivity contribution < 1.29 is 14.3 Å². The SMILES string of the molecule is CCCCCCC(C)=C=CC1OC[C@@H](c2ccccc2)N1C(=O)OC(C)(C)C. The maximum absolute atomic E-state index is 12.9. The predicted octanol–water partition coefficient (Wildman–Crippen LogP) is 6.39. The Bertz CT molecular complexity index is 684. The van der Waals surface area contributed by atoms with Gasteiger partial charge in [0.25, 0.3) is 0 Å². The summed E-state index contributed by atoms with van der Waals surface area (Å²) < 4.78 is 11.6. The molecule has 1 fully saturated rings. The van der Waals surface area contributed by atoms with E-state index >= 15 is 0 Å². The summed E-state index contributed by atoms with van der Waals surface area (Å²) in [4.78, 5) is 14.6. The number of benzene rings is 1. The summed E-state index contributed by atoms with van der Waals surface area (Å²) in [5.41, 5.74) is 5.02. The standard InChI is InChI=1S/C24H35NO3/c1-6-7-8-10-13-19(2)16-17-22-25(23(26)28-24(3,4)5)21(18-27-22)20-14-11-9-12-15-20/h9,11-12,14-15,17,21-22H,6-8,10,13,18H2,1-5H3/t16?,21-,22?/m0/s1. The Kier molecular flexibility index (Phi) is 8.35. The highest BCUT2D eigenvalue weighted by molar-refractivity contribution is 5.70. The van der Waals surface area contributed by atoms with Gasteiger partial charge in [-0.2, -0.15) is 0 Å². The normalized spacial score (nSPS) is 19.2. The molecule has 1 aromatic carbocycles. The summed E-state index contributed by atoms with van der Waals surface area (Å²) in [7, 11) is 0. The highest BCUT2D eigenvalue weighted by Gasteiger charge is 2.40. The number of ether oxygens (including phenoxy) is 2. The van der Waals surface area contributed by atoms with E-state index in [-0.39, 0.29) is 12.1 Å². The van der Waals surface area contributed by atoms with Crippen LogP contribution in [0.15, 0.2) is 47.7 Å². The van der Waals surface area contributed by atoms with Gasteiger partial charge in [0.15, 0.2) is 6.23 Å². The lowest BCUT2D eigenvalue weighted by Crippen LogP contribution is -2.40. The molecule has 28 heavy (non-hydrogen) atoms. The van der Waals surface area contributed by atoms with Gasteiger partial charge >= 0.3 is 6.09 Å². The molecule has 0 spiro atoms. The number of nitrogens with zero attached hydrogens (tertiary/aromatic N) is 1. The van der Waals surface area contributed by atoms with Gasteiger partial charge in [0.05, 0.1) is 12.6 Å². The molecule has 0 aromatic heterocycles. The van der Waals surface area contributed by atoms with Gasteiger partial charge in [-0.1, -0.05) is 56.5 Å². The van der Waals surface area contributed by atoms with Gasteiger partial charge in [-0.15, -0.1) is 5.73 Å². The molecule has 0 aliphatic carbocycles. The highest BCUT2D eigenvalue weighted by atomic mass is 16.6. The number of hydrogen-bond donors (Lipinski definition) is 0. The lowest BCUT2D eigenvalue weighted by Gasteiger charge is -2.30. The fourth-order valence-electron chi connectivity index (χ4n) is 3.24. The Labute approximate surface area is 170 Å². The number of rotatable bonds is 7. The van der Waals surface area contributed by atoms with Crippen molar-refractivity contribution in [3.05, 3.63) is 53.3 Å². The average molecular weight is 386 g/mol. The van der Waals surface area contributed by atoms with E-state index in [9.17, 15) is 4.79 Å². The molecule has 1 aliphatic rings. The number of carbonyl (C=O) groups excluding carboxylic acids is 1. The Morgan fingerprint density at radius 2 is 1.96 bits per heavy atom. The first-order valence-electron chi connectivity index (χ1n) is 10.4. The van der Waals surface area contributed by atoms with Crippen LogP contribution in [0.3, 0.4) is 0 Å². The summed E-state index contributed by atoms with van der Waals surface area (Å²) in [6, 6.07) is 9.81. The Morgan fingerprint density at radius 3 is 2.61 bits per heavy atom. The molecule has 1 heterocycles. The molecular weight excluding hydrogens is 350 g/mol. The van der Waals surface area contributed by atoms with Crippen LogP contribution in [0.5, 0.6) is 0 Å². The van der Waals surface area contributed by atoms with E-state index in [0.29, 0.717) is 6.61 Å². The van der Waals surface area contributed by atoms with Crippen LogP contribution in [0.4, 0.5) is 4.79 Å². The van der Waals surface area contributed by atoms with E-state index in [1.54, 1.807) is 4.90 Å². The third-order valence-electron chi connectivity index (χ3n) is 4.70. The zero-order valence-electron chi connectivity index (χ0n) is 18.0. The van der Waals surface area contributed by atoms with Gasteiger partial charge in [-0.3, -0.25) is 4.90 Å². The quantitative estimate of drug-likeness (QED) is 0.403. The lowest BCUT2D eigenvalue weighted by molar-refractivity contribution is 0.000967. The van der Waals surface area contributed by atoms with Crippen LogP contribution in [0.1, 0.15) is 78.3 Å². The zero-order chi connectivity index (χ0) is 20.6. The first kappa shape index (κ1) is 22.3. The minimum absolute atomic E-state index is 0.163. The van der Waals surface area contributed by atoms with Crippen molar-refractivity contribution in [2.45, 2.75) is 84.6 Å². The van der Waals surface area contributed by atoms with Crippen LogP contribution in [-0.4, -0.2) is 29.4 Å². The van der Waals surface area contributed by atoms with Gasteiger partial charge in [-0.05, 0) is 51.7 Å². The second-order valence-corrected chi connectivity index (χ2v) is 8.44. The third-order valence-corrected chi connectivity index (χ3v) is 4.70. The second-order valence-electron chi connectivity index (χ2n) is 8.44. The summed E-state index contributed by atoms with van der Waals surface area (Å²) >= 11 is 0. The first-order valence-corrected chi connectivity index (χ1v) is 10.4. The van der Waals surface area contributed by atoms with E-state index in [2.05, 4.69) is 19.6 Å². The van der Waals surface area contributed by atoms with Crippen molar-refractivity contribution in [2.24, 2.45) is 0 Å². The molecule has 1 unspecified atom stereocenters. The van der Waals surface area contributed by atoms with Gasteiger partial charge < -0.3 is 9.47 Å². The smallest absolute Gasteiger partial charge is 0.413 e. The van der Waals surface area contributed by atoms with Gasteiger partial charge in [0, 0.05) is 6.08 Å². The van der Waals surface area contributed by atoms with Crippen molar-refractivity contribution in [1.82, 2.24) is 4.90 Å². The van der Waals surface area contributed by atoms with E-state index in [1.807, 2.05) is 57.2 Å². The average Bonchev–Trinajstić information content (AvgIpc) is 3.07. The van der Waals surface area contributed by atoms with Crippen LogP contribution in [0, 0.1) is 0 Å². The predicted molar refractivity (Wildman–Crippen MR) is 113 cm³/mol. The molecular formula is C24H35NO3. The molecule has 0 bridgehead atoms. The number of amides is 1. The molecule has 0 N–H and O–H groups in total. The van der Waals surface area contributed by atoms with Crippen molar-refractivity contribution >= 4 is 6.09 Å². The first-order chi connectivity index (χ1) is 13.3. The Morgan fingerprint density at radius 1 is 1.25 bits per heavy atom. The maximum atomic E-state index is 12.9. The van der Waals surface area contributed by atoms with Crippen LogP contribution in [-0.2, 0) is 9.47 Å². The minimum Gasteiger partial charge on any atom is -0.444 e. The Hall–Kier alpha value is -2.03. The molecule has 2 atom stereocenters. The molecule has 0 saturated carbocycles. The summed E-state index contributed by atoms with van der Waals surface area (Å²) in [6.07, 6.45) is 6.99. The molecule has 0 radical (unpaired) electrons.